The second-order valence-electron chi connectivity index (χ2n) is 5.53. The largest absolute Gasteiger partial charge is 0.481 e. The maximum Gasteiger partial charge on any atom is 0.318 e. The maximum atomic E-state index is 12.0. The van der Waals surface area contributed by atoms with Gasteiger partial charge in [-0.3, -0.25) is 9.59 Å². The van der Waals surface area contributed by atoms with Crippen LogP contribution in [0.15, 0.2) is 0 Å². The van der Waals surface area contributed by atoms with E-state index in [9.17, 15) is 14.4 Å². The third-order valence-electron chi connectivity index (χ3n) is 3.20. The van der Waals surface area contributed by atoms with Gasteiger partial charge in [-0.15, -0.1) is 0 Å². The van der Waals surface area contributed by atoms with Crippen molar-refractivity contribution in [3.8, 4) is 0 Å². The van der Waals surface area contributed by atoms with Crippen molar-refractivity contribution in [1.29, 1.82) is 0 Å². The van der Waals surface area contributed by atoms with Gasteiger partial charge in [-0.25, -0.2) is 4.79 Å². The molecule has 2 atom stereocenters. The molecule has 0 aromatic rings. The van der Waals surface area contributed by atoms with E-state index in [1.807, 2.05) is 13.8 Å². The number of hydrogen-bond donors (Lipinski definition) is 3. The van der Waals surface area contributed by atoms with Gasteiger partial charge in [-0.1, -0.05) is 0 Å². The van der Waals surface area contributed by atoms with Crippen molar-refractivity contribution in [2.24, 2.45) is 5.92 Å². The summed E-state index contributed by atoms with van der Waals surface area (Å²) in [6.45, 7) is 6.28. The van der Waals surface area contributed by atoms with Crippen molar-refractivity contribution >= 4 is 17.9 Å². The standard InChI is InChI=1S/C13H23N3O4/c1-8(2)14-12(19)9(3)15-13(20)16-5-4-10(7-16)6-11(17)18/h8-10H,4-7H2,1-3H3,(H,14,19)(H,15,20)(H,17,18). The number of carbonyl (C=O) groups excluding carboxylic acids is 2. The van der Waals surface area contributed by atoms with Crippen molar-refractivity contribution in [2.75, 3.05) is 13.1 Å². The van der Waals surface area contributed by atoms with Crippen LogP contribution in [0.1, 0.15) is 33.6 Å². The number of carboxylic acid groups (broad SMARTS) is 1. The number of carboxylic acids is 1. The van der Waals surface area contributed by atoms with Crippen molar-refractivity contribution in [3.63, 3.8) is 0 Å². The van der Waals surface area contributed by atoms with Crippen LogP contribution in [0.3, 0.4) is 0 Å². The summed E-state index contributed by atoms with van der Waals surface area (Å²) in [4.78, 5) is 35.8. The molecule has 7 nitrogen and oxygen atoms in total. The van der Waals surface area contributed by atoms with E-state index in [1.165, 1.54) is 0 Å². The van der Waals surface area contributed by atoms with Gasteiger partial charge < -0.3 is 20.6 Å². The van der Waals surface area contributed by atoms with Crippen molar-refractivity contribution < 1.29 is 19.5 Å². The van der Waals surface area contributed by atoms with Gasteiger partial charge in [0.1, 0.15) is 6.04 Å². The summed E-state index contributed by atoms with van der Waals surface area (Å²) in [7, 11) is 0. The van der Waals surface area contributed by atoms with E-state index in [-0.39, 0.29) is 30.3 Å². The molecule has 1 heterocycles. The highest BCUT2D eigenvalue weighted by molar-refractivity contribution is 5.86. The number of carbonyl (C=O) groups is 3. The molecule has 0 aromatic heterocycles. The molecule has 20 heavy (non-hydrogen) atoms. The smallest absolute Gasteiger partial charge is 0.318 e. The fourth-order valence-corrected chi connectivity index (χ4v) is 2.18. The highest BCUT2D eigenvalue weighted by Crippen LogP contribution is 2.19. The fourth-order valence-electron chi connectivity index (χ4n) is 2.18. The van der Waals surface area contributed by atoms with Gasteiger partial charge in [0.2, 0.25) is 5.91 Å². The van der Waals surface area contributed by atoms with Crippen LogP contribution in [0.4, 0.5) is 4.79 Å². The van der Waals surface area contributed by atoms with Crippen LogP contribution in [0, 0.1) is 5.92 Å². The van der Waals surface area contributed by atoms with E-state index in [0.717, 1.165) is 0 Å². The SMILES string of the molecule is CC(C)NC(=O)C(C)NC(=O)N1CCC(CC(=O)O)C1. The van der Waals surface area contributed by atoms with Crippen LogP contribution in [-0.2, 0) is 9.59 Å². The third kappa shape index (κ3) is 5.07. The molecule has 1 aliphatic rings. The Morgan fingerprint density at radius 1 is 1.25 bits per heavy atom. The number of nitrogens with one attached hydrogen (secondary N) is 2. The minimum atomic E-state index is -0.845. The van der Waals surface area contributed by atoms with E-state index >= 15 is 0 Å². The second kappa shape index (κ2) is 7.12. The van der Waals surface area contributed by atoms with Crippen LogP contribution in [0.5, 0.6) is 0 Å². The molecule has 1 fully saturated rings. The minimum absolute atomic E-state index is 0.00181. The Balaban J connectivity index is 2.40. The van der Waals surface area contributed by atoms with E-state index in [4.69, 9.17) is 5.11 Å². The molecule has 0 aromatic carbocycles. The van der Waals surface area contributed by atoms with Crippen molar-refractivity contribution in [2.45, 2.75) is 45.7 Å². The van der Waals surface area contributed by atoms with Gasteiger partial charge in [0.25, 0.3) is 0 Å². The molecule has 7 heteroatoms. The fraction of sp³-hybridized carbons (Fsp3) is 0.769. The number of aliphatic carboxylic acids is 1. The van der Waals surface area contributed by atoms with E-state index in [0.29, 0.717) is 19.5 Å². The van der Waals surface area contributed by atoms with Gasteiger partial charge in [0.15, 0.2) is 0 Å². The number of hydrogen-bond acceptors (Lipinski definition) is 3. The molecule has 0 radical (unpaired) electrons. The summed E-state index contributed by atoms with van der Waals surface area (Å²) >= 11 is 0. The molecule has 1 aliphatic heterocycles. The minimum Gasteiger partial charge on any atom is -0.481 e. The Hall–Kier alpha value is -1.79. The highest BCUT2D eigenvalue weighted by atomic mass is 16.4. The number of amides is 3. The molecular formula is C13H23N3O4. The molecule has 1 rings (SSSR count). The summed E-state index contributed by atoms with van der Waals surface area (Å²) in [5.41, 5.74) is 0. The first kappa shape index (κ1) is 16.3. The number of rotatable bonds is 5. The molecule has 114 valence electrons. The van der Waals surface area contributed by atoms with Gasteiger partial charge in [-0.05, 0) is 33.1 Å². The molecule has 2 unspecified atom stereocenters. The van der Waals surface area contributed by atoms with Gasteiger partial charge in [0, 0.05) is 25.6 Å². The van der Waals surface area contributed by atoms with Crippen LogP contribution in [-0.4, -0.2) is 53.1 Å². The normalized spacial score (nSPS) is 19.8. The topological polar surface area (TPSA) is 98.7 Å². The first-order valence-electron chi connectivity index (χ1n) is 6.87. The Kier molecular flexibility index (Phi) is 5.79. The molecule has 3 N–H and O–H groups in total. The Morgan fingerprint density at radius 3 is 2.45 bits per heavy atom. The predicted octanol–water partition coefficient (Wildman–Crippen LogP) is 0.406. The summed E-state index contributed by atoms with van der Waals surface area (Å²) in [6, 6.07) is -0.902. The third-order valence-corrected chi connectivity index (χ3v) is 3.20. The van der Waals surface area contributed by atoms with Gasteiger partial charge in [0.05, 0.1) is 0 Å². The zero-order chi connectivity index (χ0) is 15.3. The quantitative estimate of drug-likeness (QED) is 0.681. The van der Waals surface area contributed by atoms with E-state index < -0.39 is 12.0 Å². The average molecular weight is 285 g/mol. The van der Waals surface area contributed by atoms with Crippen LogP contribution >= 0.6 is 0 Å². The second-order valence-corrected chi connectivity index (χ2v) is 5.53. The summed E-state index contributed by atoms with van der Waals surface area (Å²) in [5, 5.41) is 14.1. The molecule has 1 saturated heterocycles. The van der Waals surface area contributed by atoms with E-state index in [2.05, 4.69) is 10.6 Å². The summed E-state index contributed by atoms with van der Waals surface area (Å²) < 4.78 is 0. The molecule has 3 amide bonds. The van der Waals surface area contributed by atoms with Crippen molar-refractivity contribution in [3.05, 3.63) is 0 Å². The summed E-state index contributed by atoms with van der Waals surface area (Å²) in [6.07, 6.45) is 0.763. The summed E-state index contributed by atoms with van der Waals surface area (Å²) in [5.74, 6) is -1.07. The molecule has 0 spiro atoms. The lowest BCUT2D eigenvalue weighted by Gasteiger charge is -2.21. The van der Waals surface area contributed by atoms with Crippen LogP contribution in [0.25, 0.3) is 0 Å². The lowest BCUT2D eigenvalue weighted by atomic mass is 10.1. The highest BCUT2D eigenvalue weighted by Gasteiger charge is 2.29. The monoisotopic (exact) mass is 285 g/mol. The Labute approximate surface area is 118 Å². The lowest BCUT2D eigenvalue weighted by Crippen LogP contribution is -2.50. The number of nitrogens with zero attached hydrogens (tertiary/aromatic N) is 1. The van der Waals surface area contributed by atoms with Crippen molar-refractivity contribution in [1.82, 2.24) is 15.5 Å². The van der Waals surface area contributed by atoms with E-state index in [1.54, 1.807) is 11.8 Å². The zero-order valence-corrected chi connectivity index (χ0v) is 12.2. The molecule has 0 bridgehead atoms. The first-order chi connectivity index (χ1) is 9.29. The zero-order valence-electron chi connectivity index (χ0n) is 12.2. The van der Waals surface area contributed by atoms with Gasteiger partial charge in [-0.2, -0.15) is 0 Å². The molecule has 0 aliphatic carbocycles. The van der Waals surface area contributed by atoms with Crippen LogP contribution < -0.4 is 10.6 Å². The lowest BCUT2D eigenvalue weighted by molar-refractivity contribution is -0.138. The first-order valence-corrected chi connectivity index (χ1v) is 6.87. The predicted molar refractivity (Wildman–Crippen MR) is 73.2 cm³/mol. The molecular weight excluding hydrogens is 262 g/mol. The Morgan fingerprint density at radius 2 is 1.90 bits per heavy atom. The van der Waals surface area contributed by atoms with Gasteiger partial charge >= 0.3 is 12.0 Å². The Bertz CT molecular complexity index is 384. The maximum absolute atomic E-state index is 12.0. The number of urea groups is 1. The molecule has 0 saturated carbocycles. The number of likely N-dealkylation sites (tertiary alicyclic amines) is 1. The van der Waals surface area contributed by atoms with Crippen LogP contribution in [0.2, 0.25) is 0 Å². The average Bonchev–Trinajstić information content (AvgIpc) is 2.75.